The Morgan fingerprint density at radius 3 is 2.27 bits per heavy atom. The number of carboxylic acid groups (broad SMARTS) is 1. The zero-order valence-electron chi connectivity index (χ0n) is 12.0. The third kappa shape index (κ3) is 1.56. The number of allylic oxidation sites excluding steroid dienone is 2. The van der Waals surface area contributed by atoms with Crippen molar-refractivity contribution in [1.82, 2.24) is 0 Å². The topological polar surface area (TPSA) is 77.5 Å². The summed E-state index contributed by atoms with van der Waals surface area (Å²) >= 11 is 0. The van der Waals surface area contributed by atoms with Crippen LogP contribution in [0.2, 0.25) is 0 Å². The van der Waals surface area contributed by atoms with Crippen LogP contribution in [0.4, 0.5) is 5.69 Å². The van der Waals surface area contributed by atoms with Crippen molar-refractivity contribution in [2.24, 2.45) is 23.7 Å². The summed E-state index contributed by atoms with van der Waals surface area (Å²) in [6, 6.07) is 4.38. The molecule has 2 amide bonds. The number of nitrogens with zero attached hydrogens (tertiary/aromatic N) is 1. The monoisotopic (exact) mass is 296 g/mol. The summed E-state index contributed by atoms with van der Waals surface area (Å²) in [4.78, 5) is 37.7. The van der Waals surface area contributed by atoms with E-state index in [0.717, 1.165) is 6.42 Å². The van der Waals surface area contributed by atoms with Crippen molar-refractivity contribution in [2.45, 2.75) is 13.3 Å². The maximum Gasteiger partial charge on any atom is 0.238 e. The number of carboxylic acids is 1. The van der Waals surface area contributed by atoms with Gasteiger partial charge in [-0.25, -0.2) is 4.90 Å². The molecular weight excluding hydrogens is 282 g/mol. The average Bonchev–Trinajstić information content (AvgIpc) is 3.14. The van der Waals surface area contributed by atoms with Gasteiger partial charge in [0.05, 0.1) is 23.5 Å². The van der Waals surface area contributed by atoms with Gasteiger partial charge in [0.15, 0.2) is 0 Å². The number of anilines is 1. The fourth-order valence-corrected chi connectivity index (χ4v) is 4.12. The first kappa shape index (κ1) is 13.2. The van der Waals surface area contributed by atoms with Crippen molar-refractivity contribution in [3.63, 3.8) is 0 Å². The lowest BCUT2D eigenvalue weighted by Gasteiger charge is -2.20. The van der Waals surface area contributed by atoms with Crippen molar-refractivity contribution in [2.75, 3.05) is 4.90 Å². The average molecular weight is 296 g/mol. The van der Waals surface area contributed by atoms with Crippen LogP contribution >= 0.6 is 0 Å². The van der Waals surface area contributed by atoms with Gasteiger partial charge in [-0.1, -0.05) is 24.3 Å². The molecule has 3 aliphatic rings. The molecule has 0 aromatic heterocycles. The molecule has 1 aromatic rings. The van der Waals surface area contributed by atoms with Crippen LogP contribution in [0.1, 0.15) is 22.3 Å². The molecule has 2 aliphatic carbocycles. The Balaban J connectivity index is 1.79. The SMILES string of the molecule is Cc1ccc(C(=O)[O-])cc1N1C(=O)[C@@H]2[C@@H](C1=O)[C@@H]1C=C[C@@H]2C1. The van der Waals surface area contributed by atoms with Crippen molar-refractivity contribution >= 4 is 23.5 Å². The Morgan fingerprint density at radius 1 is 1.14 bits per heavy atom. The highest BCUT2D eigenvalue weighted by Gasteiger charge is 2.59. The summed E-state index contributed by atoms with van der Waals surface area (Å²) in [5.41, 5.74) is 1.04. The first-order chi connectivity index (χ1) is 10.5. The lowest BCUT2D eigenvalue weighted by molar-refractivity contribution is -0.255. The molecule has 0 unspecified atom stereocenters. The van der Waals surface area contributed by atoms with Crippen LogP contribution in [0.25, 0.3) is 0 Å². The second-order valence-corrected chi connectivity index (χ2v) is 6.30. The lowest BCUT2D eigenvalue weighted by atomic mass is 9.85. The van der Waals surface area contributed by atoms with E-state index in [4.69, 9.17) is 0 Å². The largest absolute Gasteiger partial charge is 0.545 e. The van der Waals surface area contributed by atoms with Crippen LogP contribution < -0.4 is 10.0 Å². The Bertz CT molecular complexity index is 721. The molecule has 5 nitrogen and oxygen atoms in total. The van der Waals surface area contributed by atoms with Gasteiger partial charge < -0.3 is 9.90 Å². The van der Waals surface area contributed by atoms with Gasteiger partial charge in [0, 0.05) is 0 Å². The normalized spacial score (nSPS) is 32.0. The minimum absolute atomic E-state index is 0.0284. The van der Waals surface area contributed by atoms with Crippen LogP contribution in [0.5, 0.6) is 0 Å². The zero-order valence-corrected chi connectivity index (χ0v) is 12.0. The number of hydrogen-bond acceptors (Lipinski definition) is 4. The predicted octanol–water partition coefficient (Wildman–Crippen LogP) is 0.670. The molecule has 1 saturated carbocycles. The first-order valence-corrected chi connectivity index (χ1v) is 7.37. The fourth-order valence-electron chi connectivity index (χ4n) is 4.12. The Hall–Kier alpha value is -2.43. The number of hydrogen-bond donors (Lipinski definition) is 0. The van der Waals surface area contributed by atoms with E-state index in [1.807, 2.05) is 12.2 Å². The van der Waals surface area contributed by atoms with Crippen molar-refractivity contribution in [3.8, 4) is 0 Å². The summed E-state index contributed by atoms with van der Waals surface area (Å²) in [5, 5.41) is 11.0. The molecule has 1 heterocycles. The summed E-state index contributed by atoms with van der Waals surface area (Å²) in [6.07, 6.45) is 4.94. The number of aromatic carboxylic acids is 1. The van der Waals surface area contributed by atoms with Crippen molar-refractivity contribution in [3.05, 3.63) is 41.5 Å². The van der Waals surface area contributed by atoms with Crippen molar-refractivity contribution < 1.29 is 19.5 Å². The Morgan fingerprint density at radius 2 is 1.73 bits per heavy atom. The number of rotatable bonds is 2. The van der Waals surface area contributed by atoms with Crippen LogP contribution in [0, 0.1) is 30.6 Å². The van der Waals surface area contributed by atoms with E-state index in [1.165, 1.54) is 17.0 Å². The molecule has 5 heteroatoms. The van der Waals surface area contributed by atoms with Gasteiger partial charge in [0.25, 0.3) is 0 Å². The first-order valence-electron chi connectivity index (χ1n) is 7.37. The third-order valence-corrected chi connectivity index (χ3v) is 5.16. The van der Waals surface area contributed by atoms with Gasteiger partial charge in [0.1, 0.15) is 0 Å². The van der Waals surface area contributed by atoms with Gasteiger partial charge in [-0.15, -0.1) is 0 Å². The van der Waals surface area contributed by atoms with Crippen molar-refractivity contribution in [1.29, 1.82) is 0 Å². The molecule has 0 spiro atoms. The molecule has 2 fully saturated rings. The van der Waals surface area contributed by atoms with Gasteiger partial charge in [-0.2, -0.15) is 0 Å². The highest BCUT2D eigenvalue weighted by molar-refractivity contribution is 6.23. The highest BCUT2D eigenvalue weighted by atomic mass is 16.4. The molecule has 1 saturated heterocycles. The van der Waals surface area contributed by atoms with Crippen LogP contribution in [0.15, 0.2) is 30.4 Å². The minimum Gasteiger partial charge on any atom is -0.545 e. The molecule has 0 N–H and O–H groups in total. The number of benzene rings is 1. The lowest BCUT2D eigenvalue weighted by Crippen LogP contribution is -2.34. The summed E-state index contributed by atoms with van der Waals surface area (Å²) < 4.78 is 0. The fraction of sp³-hybridized carbons (Fsp3) is 0.353. The molecule has 22 heavy (non-hydrogen) atoms. The van der Waals surface area contributed by atoms with Crippen LogP contribution in [-0.2, 0) is 9.59 Å². The highest BCUT2D eigenvalue weighted by Crippen LogP contribution is 2.53. The maximum absolute atomic E-state index is 12.7. The van der Waals surface area contributed by atoms with Gasteiger partial charge in [-0.05, 0) is 42.4 Å². The standard InChI is InChI=1S/C17H15NO4/c1-8-2-3-11(17(21)22)7-12(8)18-15(19)13-9-4-5-10(6-9)14(13)16(18)20/h2-5,7,9-10,13-14H,6H2,1H3,(H,21,22)/p-1/t9-,10-,13+,14+/m1/s1. The van der Waals surface area contributed by atoms with E-state index < -0.39 is 5.97 Å². The summed E-state index contributed by atoms with van der Waals surface area (Å²) in [7, 11) is 0. The molecule has 4 atom stereocenters. The molecule has 1 aliphatic heterocycles. The predicted molar refractivity (Wildman–Crippen MR) is 75.7 cm³/mol. The van der Waals surface area contributed by atoms with Crippen LogP contribution in [0.3, 0.4) is 0 Å². The third-order valence-electron chi connectivity index (χ3n) is 5.16. The second kappa shape index (κ2) is 4.29. The molecule has 1 aromatic carbocycles. The molecule has 2 bridgehead atoms. The van der Waals surface area contributed by atoms with Gasteiger partial charge in [0.2, 0.25) is 11.8 Å². The van der Waals surface area contributed by atoms with Crippen LogP contribution in [-0.4, -0.2) is 17.8 Å². The number of carbonyl (C=O) groups excluding carboxylic acids is 3. The van der Waals surface area contributed by atoms with E-state index in [9.17, 15) is 19.5 Å². The molecule has 112 valence electrons. The minimum atomic E-state index is -1.32. The number of imide groups is 1. The molecule has 0 radical (unpaired) electrons. The smallest absolute Gasteiger partial charge is 0.238 e. The molecular formula is C17H14NO4-. The van der Waals surface area contributed by atoms with E-state index in [0.29, 0.717) is 11.3 Å². The Labute approximate surface area is 127 Å². The van der Waals surface area contributed by atoms with Gasteiger partial charge >= 0.3 is 0 Å². The van der Waals surface area contributed by atoms with E-state index >= 15 is 0 Å². The number of carbonyl (C=O) groups is 3. The number of amides is 2. The number of aryl methyl sites for hydroxylation is 1. The van der Waals surface area contributed by atoms with E-state index in [2.05, 4.69) is 0 Å². The second-order valence-electron chi connectivity index (χ2n) is 6.30. The van der Waals surface area contributed by atoms with E-state index in [1.54, 1.807) is 13.0 Å². The number of fused-ring (bicyclic) bond motifs is 5. The Kier molecular flexibility index (Phi) is 2.58. The summed E-state index contributed by atoms with van der Waals surface area (Å²) in [6.45, 7) is 1.76. The summed E-state index contributed by atoms with van der Waals surface area (Å²) in [5.74, 6) is -2.01. The van der Waals surface area contributed by atoms with Gasteiger partial charge in [-0.3, -0.25) is 9.59 Å². The maximum atomic E-state index is 12.7. The van der Waals surface area contributed by atoms with E-state index in [-0.39, 0.29) is 41.0 Å². The zero-order chi connectivity index (χ0) is 15.6. The molecule has 4 rings (SSSR count). The quantitative estimate of drug-likeness (QED) is 0.593.